The monoisotopic (exact) mass is 541 g/mol. The summed E-state index contributed by atoms with van der Waals surface area (Å²) >= 11 is 0. The van der Waals surface area contributed by atoms with E-state index in [0.29, 0.717) is 41.8 Å². The first-order chi connectivity index (χ1) is 17.6. The van der Waals surface area contributed by atoms with Crippen LogP contribution in [0.4, 0.5) is 13.2 Å². The standard InChI is InChI=1S/C25H35F3N5O3P/c1-37-17-6-8-33(11-17)22(35)12-32-7-2-3-16(10-32)31-24(30)20-14-36-13-19(20)23(29)18-5-4-15(9-21(18)34)25(26,27)28/h4-5,9,16-17,31,34,37H,2-3,6-8,10-14,29-30H2,1H3/b23-19-,24-20+. The minimum Gasteiger partial charge on any atom is -0.507 e. The lowest BCUT2D eigenvalue weighted by molar-refractivity contribution is -0.137. The third-order valence-electron chi connectivity index (χ3n) is 7.30. The summed E-state index contributed by atoms with van der Waals surface area (Å²) in [6.45, 7) is 6.11. The second-order valence-electron chi connectivity index (χ2n) is 9.84. The Labute approximate surface area is 216 Å². The lowest BCUT2D eigenvalue weighted by atomic mass is 9.99. The molecule has 3 aliphatic rings. The minimum atomic E-state index is -4.57. The van der Waals surface area contributed by atoms with E-state index in [-0.39, 0.29) is 36.4 Å². The molecule has 3 unspecified atom stereocenters. The number of phenols is 1. The van der Waals surface area contributed by atoms with Gasteiger partial charge in [-0.3, -0.25) is 9.69 Å². The largest absolute Gasteiger partial charge is 0.507 e. The molecule has 0 aromatic heterocycles. The van der Waals surface area contributed by atoms with Gasteiger partial charge in [-0.1, -0.05) is 0 Å². The maximum Gasteiger partial charge on any atom is 0.416 e. The number of amides is 1. The fourth-order valence-electron chi connectivity index (χ4n) is 5.15. The number of piperidine rings is 1. The van der Waals surface area contributed by atoms with Crippen molar-refractivity contribution in [3.63, 3.8) is 0 Å². The van der Waals surface area contributed by atoms with E-state index in [1.54, 1.807) is 0 Å². The number of carbonyl (C=O) groups excluding carboxylic acids is 1. The third kappa shape index (κ3) is 6.51. The molecule has 6 N–H and O–H groups in total. The van der Waals surface area contributed by atoms with E-state index in [0.717, 1.165) is 59.6 Å². The predicted molar refractivity (Wildman–Crippen MR) is 138 cm³/mol. The molecule has 3 fully saturated rings. The smallest absolute Gasteiger partial charge is 0.416 e. The van der Waals surface area contributed by atoms with Crippen LogP contribution in [0.5, 0.6) is 5.75 Å². The van der Waals surface area contributed by atoms with Gasteiger partial charge in [0.1, 0.15) is 11.6 Å². The highest BCUT2D eigenvalue weighted by Crippen LogP contribution is 2.36. The molecular weight excluding hydrogens is 506 g/mol. The predicted octanol–water partition coefficient (Wildman–Crippen LogP) is 2.24. The van der Waals surface area contributed by atoms with Crippen LogP contribution in [0.3, 0.4) is 0 Å². The Bertz CT molecular complexity index is 1080. The molecular formula is C25H35F3N5O3P. The molecule has 0 saturated carbocycles. The Morgan fingerprint density at radius 3 is 2.62 bits per heavy atom. The van der Waals surface area contributed by atoms with Gasteiger partial charge in [-0.2, -0.15) is 13.2 Å². The second kappa shape index (κ2) is 11.5. The van der Waals surface area contributed by atoms with Gasteiger partial charge >= 0.3 is 6.18 Å². The number of nitrogens with zero attached hydrogens (tertiary/aromatic N) is 2. The molecule has 37 heavy (non-hydrogen) atoms. The molecule has 1 aromatic rings. The molecule has 3 saturated heterocycles. The molecule has 8 nitrogen and oxygen atoms in total. The van der Waals surface area contributed by atoms with E-state index in [1.165, 1.54) is 0 Å². The summed E-state index contributed by atoms with van der Waals surface area (Å²) in [5.74, 6) is -0.00784. The molecule has 4 rings (SSSR count). The highest BCUT2D eigenvalue weighted by Gasteiger charge is 2.32. The van der Waals surface area contributed by atoms with Gasteiger partial charge in [-0.15, -0.1) is 8.58 Å². The highest BCUT2D eigenvalue weighted by molar-refractivity contribution is 7.38. The molecule has 3 atom stereocenters. The van der Waals surface area contributed by atoms with E-state index >= 15 is 0 Å². The Kier molecular flexibility index (Phi) is 8.56. The maximum atomic E-state index is 13.0. The van der Waals surface area contributed by atoms with Crippen molar-refractivity contribution < 1.29 is 27.8 Å². The summed E-state index contributed by atoms with van der Waals surface area (Å²) in [5, 5.41) is 13.6. The Balaban J connectivity index is 1.43. The zero-order valence-electron chi connectivity index (χ0n) is 20.9. The molecule has 0 aliphatic carbocycles. The number of benzene rings is 1. The number of ether oxygens (including phenoxy) is 1. The zero-order valence-corrected chi connectivity index (χ0v) is 21.9. The lowest BCUT2D eigenvalue weighted by Gasteiger charge is -2.34. The summed E-state index contributed by atoms with van der Waals surface area (Å²) < 4.78 is 44.5. The van der Waals surface area contributed by atoms with Crippen LogP contribution in [0.2, 0.25) is 0 Å². The number of likely N-dealkylation sites (tertiary alicyclic amines) is 2. The van der Waals surface area contributed by atoms with E-state index in [2.05, 4.69) is 16.9 Å². The Morgan fingerprint density at radius 2 is 1.95 bits per heavy atom. The van der Waals surface area contributed by atoms with Crippen LogP contribution < -0.4 is 16.8 Å². The normalized spacial score (nSPS) is 26.2. The number of alkyl halides is 3. The molecule has 1 aromatic carbocycles. The van der Waals surface area contributed by atoms with Gasteiger partial charge < -0.3 is 31.5 Å². The molecule has 0 radical (unpaired) electrons. The van der Waals surface area contributed by atoms with Crippen LogP contribution in [0, 0.1) is 0 Å². The quantitative estimate of drug-likeness (QED) is 0.408. The molecule has 1 amide bonds. The summed E-state index contributed by atoms with van der Waals surface area (Å²) in [6, 6.07) is 2.72. The Morgan fingerprint density at radius 1 is 1.19 bits per heavy atom. The number of rotatable bonds is 6. The van der Waals surface area contributed by atoms with E-state index in [9.17, 15) is 23.1 Å². The van der Waals surface area contributed by atoms with Crippen molar-refractivity contribution in [2.24, 2.45) is 11.5 Å². The summed E-state index contributed by atoms with van der Waals surface area (Å²) in [4.78, 5) is 16.9. The molecule has 204 valence electrons. The lowest BCUT2D eigenvalue weighted by Crippen LogP contribution is -2.50. The fourth-order valence-corrected chi connectivity index (χ4v) is 5.97. The number of carbonyl (C=O) groups is 1. The summed E-state index contributed by atoms with van der Waals surface area (Å²) in [7, 11) is 0.857. The highest BCUT2D eigenvalue weighted by atomic mass is 31.1. The van der Waals surface area contributed by atoms with Crippen molar-refractivity contribution in [3.05, 3.63) is 46.3 Å². The van der Waals surface area contributed by atoms with Crippen LogP contribution in [0.1, 0.15) is 30.4 Å². The van der Waals surface area contributed by atoms with Crippen molar-refractivity contribution in [2.75, 3.05) is 52.6 Å². The molecule has 3 aliphatic heterocycles. The topological polar surface area (TPSA) is 117 Å². The SMILES string of the molecule is CPC1CCN(C(=O)CN2CCCC(N/C(N)=C3\COC\C3=C(\N)c3ccc(C(F)(F)F)cc3O)C2)C1. The van der Waals surface area contributed by atoms with Gasteiger partial charge in [0.05, 0.1) is 25.3 Å². The van der Waals surface area contributed by atoms with Gasteiger partial charge in [-0.25, -0.2) is 0 Å². The molecule has 0 bridgehead atoms. The number of halogens is 3. The third-order valence-corrected chi connectivity index (χ3v) is 8.58. The number of aromatic hydroxyl groups is 1. The van der Waals surface area contributed by atoms with Crippen molar-refractivity contribution in [1.29, 1.82) is 0 Å². The van der Waals surface area contributed by atoms with E-state index in [4.69, 9.17) is 16.2 Å². The molecule has 12 heteroatoms. The van der Waals surface area contributed by atoms with Crippen LogP contribution in [0.15, 0.2) is 35.2 Å². The summed E-state index contributed by atoms with van der Waals surface area (Å²) in [5.41, 5.74) is 13.7. The molecule has 3 heterocycles. The first-order valence-corrected chi connectivity index (χ1v) is 14.0. The number of nitrogens with one attached hydrogen (secondary N) is 1. The average Bonchev–Trinajstić information content (AvgIpc) is 3.53. The van der Waals surface area contributed by atoms with Crippen molar-refractivity contribution in [3.8, 4) is 5.75 Å². The van der Waals surface area contributed by atoms with Gasteiger partial charge in [0.15, 0.2) is 0 Å². The average molecular weight is 542 g/mol. The van der Waals surface area contributed by atoms with Gasteiger partial charge in [0.2, 0.25) is 5.91 Å². The van der Waals surface area contributed by atoms with Crippen LogP contribution >= 0.6 is 8.58 Å². The first-order valence-electron chi connectivity index (χ1n) is 12.5. The number of nitrogens with two attached hydrogens (primary N) is 2. The van der Waals surface area contributed by atoms with Crippen LogP contribution in [-0.4, -0.2) is 85.1 Å². The summed E-state index contributed by atoms with van der Waals surface area (Å²) in [6.07, 6.45) is -1.68. The van der Waals surface area contributed by atoms with Crippen LogP contribution in [0.25, 0.3) is 5.70 Å². The number of phenolic OH excluding ortho intramolecular Hbond substituents is 1. The Hall–Kier alpha value is -2.49. The van der Waals surface area contributed by atoms with E-state index in [1.807, 2.05) is 4.90 Å². The number of hydrogen-bond acceptors (Lipinski definition) is 7. The van der Waals surface area contributed by atoms with E-state index < -0.39 is 17.5 Å². The minimum absolute atomic E-state index is 0.0278. The first kappa shape index (κ1) is 27.5. The fraction of sp³-hybridized carbons (Fsp3) is 0.560. The van der Waals surface area contributed by atoms with Crippen molar-refractivity contribution in [1.82, 2.24) is 15.1 Å². The van der Waals surface area contributed by atoms with Crippen molar-refractivity contribution >= 4 is 20.2 Å². The zero-order chi connectivity index (χ0) is 26.7. The molecule has 0 spiro atoms. The van der Waals surface area contributed by atoms with Crippen LogP contribution in [-0.2, 0) is 15.7 Å². The van der Waals surface area contributed by atoms with Gasteiger partial charge in [0.25, 0.3) is 0 Å². The van der Waals surface area contributed by atoms with Crippen molar-refractivity contribution in [2.45, 2.75) is 37.1 Å². The van der Waals surface area contributed by atoms with Gasteiger partial charge in [-0.05, 0) is 56.3 Å². The second-order valence-corrected chi connectivity index (χ2v) is 11.2. The maximum absolute atomic E-state index is 13.0. The van der Waals surface area contributed by atoms with Gasteiger partial charge in [0, 0.05) is 48.1 Å². The number of hydrogen-bond donors (Lipinski definition) is 4.